The highest BCUT2D eigenvalue weighted by molar-refractivity contribution is 6.00. The second-order valence-corrected chi connectivity index (χ2v) is 3.42. The zero-order valence-electron chi connectivity index (χ0n) is 9.67. The molecule has 0 aliphatic heterocycles. The molecule has 0 unspecified atom stereocenters. The van der Waals surface area contributed by atoms with Crippen molar-refractivity contribution in [2.75, 3.05) is 13.1 Å². The van der Waals surface area contributed by atoms with E-state index in [1.54, 1.807) is 0 Å². The van der Waals surface area contributed by atoms with Gasteiger partial charge in [0.05, 0.1) is 13.1 Å². The van der Waals surface area contributed by atoms with Gasteiger partial charge in [0.15, 0.2) is 0 Å². The minimum Gasteiger partial charge on any atom is -0.480 e. The van der Waals surface area contributed by atoms with Crippen molar-refractivity contribution in [3.8, 4) is 0 Å². The van der Waals surface area contributed by atoms with E-state index in [4.69, 9.17) is 22.3 Å². The highest BCUT2D eigenvalue weighted by atomic mass is 16.4. The van der Waals surface area contributed by atoms with E-state index in [-0.39, 0.29) is 12.8 Å². The number of carbonyl (C=O) groups is 4. The average molecular weight is 260 g/mol. The van der Waals surface area contributed by atoms with E-state index >= 15 is 0 Å². The Kier molecular flexibility index (Phi) is 6.53. The summed E-state index contributed by atoms with van der Waals surface area (Å²) in [5, 5.41) is 8.97. The maximum absolute atomic E-state index is 11.4. The molecule has 9 nitrogen and oxygen atoms in total. The number of hydrogen-bond acceptors (Lipinski definition) is 6. The molecule has 0 saturated carbocycles. The van der Waals surface area contributed by atoms with Crippen molar-refractivity contribution in [2.24, 2.45) is 17.2 Å². The molecule has 3 amide bonds. The lowest BCUT2D eigenvalue weighted by Crippen LogP contribution is -2.53. The summed E-state index contributed by atoms with van der Waals surface area (Å²) in [7, 11) is 0. The van der Waals surface area contributed by atoms with E-state index < -0.39 is 42.8 Å². The number of hydrogen-bond donors (Lipinski definition) is 4. The first kappa shape index (κ1) is 16.0. The molecule has 0 fully saturated rings. The van der Waals surface area contributed by atoms with Crippen LogP contribution in [-0.4, -0.2) is 52.8 Å². The molecule has 0 aliphatic rings. The lowest BCUT2D eigenvalue weighted by molar-refractivity contribution is -0.157. The molecule has 7 N–H and O–H groups in total. The number of carboxylic acid groups (broad SMARTS) is 1. The predicted octanol–water partition coefficient (Wildman–Crippen LogP) is -3.02. The summed E-state index contributed by atoms with van der Waals surface area (Å²) < 4.78 is 0. The Labute approximate surface area is 103 Å². The summed E-state index contributed by atoms with van der Waals surface area (Å²) in [5.41, 5.74) is 15.1. The number of aliphatic carboxylic acids is 1. The van der Waals surface area contributed by atoms with Gasteiger partial charge in [-0.25, -0.2) is 4.79 Å². The smallest absolute Gasteiger partial charge is 0.326 e. The van der Waals surface area contributed by atoms with Gasteiger partial charge >= 0.3 is 5.97 Å². The topological polar surface area (TPSA) is 170 Å². The van der Waals surface area contributed by atoms with Gasteiger partial charge in [-0.2, -0.15) is 0 Å². The van der Waals surface area contributed by atoms with Crippen molar-refractivity contribution < 1.29 is 24.3 Å². The molecule has 0 aromatic carbocycles. The van der Waals surface area contributed by atoms with Gasteiger partial charge < -0.3 is 22.3 Å². The SMILES string of the molecule is NCC(=O)N(C(=O)CN)[C@@H](CCC(N)=O)C(=O)O. The third-order valence-corrected chi connectivity index (χ3v) is 2.15. The fourth-order valence-corrected chi connectivity index (χ4v) is 1.33. The maximum Gasteiger partial charge on any atom is 0.326 e. The zero-order chi connectivity index (χ0) is 14.3. The van der Waals surface area contributed by atoms with E-state index in [9.17, 15) is 19.2 Å². The number of carboxylic acids is 1. The van der Waals surface area contributed by atoms with E-state index in [0.717, 1.165) is 0 Å². The molecule has 0 bridgehead atoms. The molecule has 0 saturated heterocycles. The summed E-state index contributed by atoms with van der Waals surface area (Å²) in [4.78, 5) is 45.0. The van der Waals surface area contributed by atoms with Gasteiger partial charge in [-0.3, -0.25) is 19.3 Å². The standard InChI is InChI=1S/C9H16N4O5/c10-3-7(15)13(8(16)4-11)5(9(17)18)1-2-6(12)14/h5H,1-4,10-11H2,(H2,12,14)(H,17,18)/t5-/m0/s1. The molecule has 0 spiro atoms. The van der Waals surface area contributed by atoms with Gasteiger partial charge in [0, 0.05) is 6.42 Å². The molecule has 0 aliphatic carbocycles. The summed E-state index contributed by atoms with van der Waals surface area (Å²) in [6.07, 6.45) is -0.550. The van der Waals surface area contributed by atoms with Crippen LogP contribution in [0.5, 0.6) is 0 Å². The van der Waals surface area contributed by atoms with Crippen molar-refractivity contribution in [1.82, 2.24) is 4.90 Å². The summed E-state index contributed by atoms with van der Waals surface area (Å²) >= 11 is 0. The first-order chi connectivity index (χ1) is 8.34. The van der Waals surface area contributed by atoms with Crippen LogP contribution in [0.1, 0.15) is 12.8 Å². The summed E-state index contributed by atoms with van der Waals surface area (Å²) in [6, 6.07) is -1.50. The van der Waals surface area contributed by atoms with Crippen LogP contribution < -0.4 is 17.2 Å². The third kappa shape index (κ3) is 4.47. The molecule has 18 heavy (non-hydrogen) atoms. The Bertz CT molecular complexity index is 341. The average Bonchev–Trinajstić information content (AvgIpc) is 2.31. The molecular weight excluding hydrogens is 244 g/mol. The lowest BCUT2D eigenvalue weighted by Gasteiger charge is -2.26. The Morgan fingerprint density at radius 1 is 1.06 bits per heavy atom. The fourth-order valence-electron chi connectivity index (χ4n) is 1.33. The van der Waals surface area contributed by atoms with Gasteiger partial charge in [0.2, 0.25) is 17.7 Å². The van der Waals surface area contributed by atoms with E-state index in [0.29, 0.717) is 4.90 Å². The number of amides is 3. The Hall–Kier alpha value is -2.00. The quantitative estimate of drug-likeness (QED) is 0.377. The predicted molar refractivity (Wildman–Crippen MR) is 59.8 cm³/mol. The normalized spacial score (nSPS) is 11.7. The van der Waals surface area contributed by atoms with Crippen LogP contribution in [0.25, 0.3) is 0 Å². The molecule has 9 heteroatoms. The van der Waals surface area contributed by atoms with Crippen LogP contribution in [0.4, 0.5) is 0 Å². The molecule has 0 heterocycles. The summed E-state index contributed by atoms with van der Waals surface area (Å²) in [5.74, 6) is -3.91. The lowest BCUT2D eigenvalue weighted by atomic mass is 10.1. The van der Waals surface area contributed by atoms with Gasteiger partial charge in [-0.1, -0.05) is 0 Å². The molecule has 102 valence electrons. The van der Waals surface area contributed by atoms with Gasteiger partial charge in [0.25, 0.3) is 0 Å². The molecule has 0 aromatic heterocycles. The third-order valence-electron chi connectivity index (χ3n) is 2.15. The Morgan fingerprint density at radius 3 is 1.78 bits per heavy atom. The van der Waals surface area contributed by atoms with Crippen molar-refractivity contribution >= 4 is 23.7 Å². The van der Waals surface area contributed by atoms with Crippen LogP contribution in [0.15, 0.2) is 0 Å². The van der Waals surface area contributed by atoms with E-state index in [1.807, 2.05) is 0 Å². The van der Waals surface area contributed by atoms with Crippen LogP contribution in [-0.2, 0) is 19.2 Å². The molecule has 0 rings (SSSR count). The van der Waals surface area contributed by atoms with Crippen LogP contribution in [0.2, 0.25) is 0 Å². The first-order valence-corrected chi connectivity index (χ1v) is 5.11. The minimum absolute atomic E-state index is 0.275. The minimum atomic E-state index is -1.50. The largest absolute Gasteiger partial charge is 0.480 e. The van der Waals surface area contributed by atoms with Crippen molar-refractivity contribution in [1.29, 1.82) is 0 Å². The van der Waals surface area contributed by atoms with Crippen molar-refractivity contribution in [3.63, 3.8) is 0 Å². The van der Waals surface area contributed by atoms with Crippen LogP contribution in [0.3, 0.4) is 0 Å². The maximum atomic E-state index is 11.4. The molecule has 0 radical (unpaired) electrons. The van der Waals surface area contributed by atoms with Gasteiger partial charge in [-0.05, 0) is 6.42 Å². The highest BCUT2D eigenvalue weighted by Gasteiger charge is 2.33. The second-order valence-electron chi connectivity index (χ2n) is 3.42. The number of rotatable bonds is 7. The van der Waals surface area contributed by atoms with E-state index in [1.165, 1.54) is 0 Å². The first-order valence-electron chi connectivity index (χ1n) is 5.11. The van der Waals surface area contributed by atoms with Gasteiger partial charge in [-0.15, -0.1) is 0 Å². The number of nitrogens with two attached hydrogens (primary N) is 3. The second kappa shape index (κ2) is 7.35. The highest BCUT2D eigenvalue weighted by Crippen LogP contribution is 2.08. The number of imide groups is 1. The Morgan fingerprint density at radius 2 is 1.50 bits per heavy atom. The Balaban J connectivity index is 5.09. The fraction of sp³-hybridized carbons (Fsp3) is 0.556. The molecule has 0 aromatic rings. The molecule has 1 atom stereocenters. The number of nitrogens with zero attached hydrogens (tertiary/aromatic N) is 1. The summed E-state index contributed by atoms with van der Waals surface area (Å²) in [6.45, 7) is -1.07. The van der Waals surface area contributed by atoms with Crippen LogP contribution in [0, 0.1) is 0 Å². The number of carbonyl (C=O) groups excluding carboxylic acids is 3. The van der Waals surface area contributed by atoms with Gasteiger partial charge in [0.1, 0.15) is 6.04 Å². The zero-order valence-corrected chi connectivity index (χ0v) is 9.67. The van der Waals surface area contributed by atoms with E-state index in [2.05, 4.69) is 0 Å². The number of primary amides is 1. The van der Waals surface area contributed by atoms with Crippen molar-refractivity contribution in [3.05, 3.63) is 0 Å². The monoisotopic (exact) mass is 260 g/mol. The van der Waals surface area contributed by atoms with Crippen molar-refractivity contribution in [2.45, 2.75) is 18.9 Å². The molecular formula is C9H16N4O5. The van der Waals surface area contributed by atoms with Crippen LogP contribution >= 0.6 is 0 Å².